The molecule has 0 atom stereocenters. The zero-order valence-electron chi connectivity index (χ0n) is 11.3. The molecule has 0 amide bonds. The number of nitrogens with zero attached hydrogens (tertiary/aromatic N) is 1. The van der Waals surface area contributed by atoms with Crippen LogP contribution in [-0.4, -0.2) is 11.5 Å². The summed E-state index contributed by atoms with van der Waals surface area (Å²) in [5.74, 6) is 0. The molecule has 0 radical (unpaired) electrons. The lowest BCUT2D eigenvalue weighted by atomic mass is 10.1. The third-order valence-corrected chi connectivity index (χ3v) is 3.57. The molecule has 2 aromatic rings. The van der Waals surface area contributed by atoms with Gasteiger partial charge in [-0.15, -0.1) is 0 Å². The van der Waals surface area contributed by atoms with Crippen LogP contribution >= 0.6 is 23.2 Å². The molecule has 1 aromatic carbocycles. The van der Waals surface area contributed by atoms with E-state index >= 15 is 0 Å². The topological polar surface area (TPSA) is 24.9 Å². The van der Waals surface area contributed by atoms with E-state index in [4.69, 9.17) is 23.2 Å². The first-order chi connectivity index (χ1) is 9.11. The highest BCUT2D eigenvalue weighted by atomic mass is 35.5. The molecular weight excluding hydrogens is 279 g/mol. The molecule has 4 heteroatoms. The third-order valence-electron chi connectivity index (χ3n) is 3.07. The smallest absolute Gasteiger partial charge is 0.0895 e. The van der Waals surface area contributed by atoms with Gasteiger partial charge in [0.2, 0.25) is 0 Å². The number of hydrogen-bond acceptors (Lipinski definition) is 2. The van der Waals surface area contributed by atoms with Gasteiger partial charge in [0.15, 0.2) is 0 Å². The molecule has 0 saturated carbocycles. The molecule has 2 rings (SSSR count). The van der Waals surface area contributed by atoms with Crippen LogP contribution in [0.3, 0.4) is 0 Å². The Morgan fingerprint density at radius 3 is 2.74 bits per heavy atom. The first-order valence-corrected chi connectivity index (χ1v) is 7.33. The zero-order chi connectivity index (χ0) is 13.8. The van der Waals surface area contributed by atoms with Gasteiger partial charge in [0, 0.05) is 22.6 Å². The van der Waals surface area contributed by atoms with Crippen molar-refractivity contribution in [3.63, 3.8) is 0 Å². The van der Waals surface area contributed by atoms with Crippen LogP contribution in [0, 0.1) is 6.92 Å². The highest BCUT2D eigenvalue weighted by Gasteiger charge is 2.08. The summed E-state index contributed by atoms with van der Waals surface area (Å²) in [6, 6.07) is 5.77. The van der Waals surface area contributed by atoms with Crippen molar-refractivity contribution in [2.75, 3.05) is 6.54 Å². The number of benzene rings is 1. The van der Waals surface area contributed by atoms with Crippen LogP contribution in [0.1, 0.15) is 31.0 Å². The summed E-state index contributed by atoms with van der Waals surface area (Å²) in [7, 11) is 0. The zero-order valence-corrected chi connectivity index (χ0v) is 12.8. The van der Waals surface area contributed by atoms with E-state index in [0.29, 0.717) is 10.0 Å². The summed E-state index contributed by atoms with van der Waals surface area (Å²) in [5, 5.41) is 5.74. The lowest BCUT2D eigenvalue weighted by Gasteiger charge is -2.10. The number of pyridine rings is 1. The van der Waals surface area contributed by atoms with E-state index in [2.05, 4.69) is 23.3 Å². The minimum absolute atomic E-state index is 0.612. The number of nitrogens with one attached hydrogen (secondary N) is 1. The molecule has 0 saturated heterocycles. The summed E-state index contributed by atoms with van der Waals surface area (Å²) in [4.78, 5) is 4.50. The maximum Gasteiger partial charge on any atom is 0.0895 e. The maximum atomic E-state index is 6.22. The largest absolute Gasteiger partial charge is 0.313 e. The molecule has 102 valence electrons. The molecule has 0 aliphatic rings. The number of halogens is 2. The van der Waals surface area contributed by atoms with E-state index in [1.165, 1.54) is 18.4 Å². The summed E-state index contributed by atoms with van der Waals surface area (Å²) < 4.78 is 0. The monoisotopic (exact) mass is 296 g/mol. The molecule has 0 aliphatic heterocycles. The fourth-order valence-electron chi connectivity index (χ4n) is 2.13. The van der Waals surface area contributed by atoms with Crippen LogP contribution in [0.25, 0.3) is 10.9 Å². The normalized spacial score (nSPS) is 11.2. The van der Waals surface area contributed by atoms with E-state index in [1.54, 1.807) is 6.07 Å². The van der Waals surface area contributed by atoms with Crippen LogP contribution < -0.4 is 5.32 Å². The van der Waals surface area contributed by atoms with Crippen LogP contribution in [0.2, 0.25) is 10.0 Å². The number of unbranched alkanes of at least 4 members (excludes halogenated alkanes) is 1. The van der Waals surface area contributed by atoms with Crippen LogP contribution in [0.4, 0.5) is 0 Å². The van der Waals surface area contributed by atoms with Crippen LogP contribution in [-0.2, 0) is 6.54 Å². The molecule has 0 unspecified atom stereocenters. The Morgan fingerprint density at radius 1 is 1.21 bits per heavy atom. The van der Waals surface area contributed by atoms with Gasteiger partial charge in [-0.3, -0.25) is 4.98 Å². The lowest BCUT2D eigenvalue weighted by molar-refractivity contribution is 0.643. The number of fused-ring (bicyclic) bond motifs is 1. The highest BCUT2D eigenvalue weighted by molar-refractivity contribution is 6.38. The quantitative estimate of drug-likeness (QED) is 0.806. The summed E-state index contributed by atoms with van der Waals surface area (Å²) in [6.07, 6.45) is 2.38. The highest BCUT2D eigenvalue weighted by Crippen LogP contribution is 2.29. The predicted molar refractivity (Wildman–Crippen MR) is 83.1 cm³/mol. The summed E-state index contributed by atoms with van der Waals surface area (Å²) in [5.41, 5.74) is 3.00. The lowest BCUT2D eigenvalue weighted by Crippen LogP contribution is -2.15. The minimum Gasteiger partial charge on any atom is -0.313 e. The number of hydrogen-bond donors (Lipinski definition) is 1. The van der Waals surface area contributed by atoms with Crippen molar-refractivity contribution >= 4 is 34.1 Å². The SMILES string of the molecule is CCCCNCc1cc(C)nc2c(Cl)cc(Cl)cc12. The Bertz CT molecular complexity index is 582. The molecule has 2 nitrogen and oxygen atoms in total. The van der Waals surface area contributed by atoms with Gasteiger partial charge in [0.1, 0.15) is 0 Å². The van der Waals surface area contributed by atoms with Crippen molar-refractivity contribution in [2.45, 2.75) is 33.2 Å². The average molecular weight is 297 g/mol. The van der Waals surface area contributed by atoms with Crippen LogP contribution in [0.15, 0.2) is 18.2 Å². The second-order valence-electron chi connectivity index (χ2n) is 4.74. The Kier molecular flexibility index (Phi) is 5.03. The van der Waals surface area contributed by atoms with Gasteiger partial charge in [-0.1, -0.05) is 36.5 Å². The van der Waals surface area contributed by atoms with Crippen LogP contribution in [0.5, 0.6) is 0 Å². The van der Waals surface area contributed by atoms with E-state index in [1.807, 2.05) is 13.0 Å². The summed E-state index contributed by atoms with van der Waals surface area (Å²) >= 11 is 12.3. The molecule has 0 spiro atoms. The number of rotatable bonds is 5. The van der Waals surface area contributed by atoms with Crippen molar-refractivity contribution in [3.8, 4) is 0 Å². The average Bonchev–Trinajstić information content (AvgIpc) is 2.36. The first kappa shape index (κ1) is 14.6. The maximum absolute atomic E-state index is 6.22. The van der Waals surface area contributed by atoms with Crippen molar-refractivity contribution in [1.29, 1.82) is 0 Å². The van der Waals surface area contributed by atoms with Gasteiger partial charge in [-0.25, -0.2) is 0 Å². The van der Waals surface area contributed by atoms with Crippen molar-refractivity contribution in [1.82, 2.24) is 10.3 Å². The second kappa shape index (κ2) is 6.56. The number of aromatic nitrogens is 1. The van der Waals surface area contributed by atoms with Gasteiger partial charge in [-0.05, 0) is 43.7 Å². The van der Waals surface area contributed by atoms with Gasteiger partial charge in [0.05, 0.1) is 10.5 Å². The minimum atomic E-state index is 0.612. The Labute approximate surface area is 124 Å². The number of aryl methyl sites for hydroxylation is 1. The van der Waals surface area contributed by atoms with E-state index < -0.39 is 0 Å². The predicted octanol–water partition coefficient (Wildman–Crippen LogP) is 4.74. The third kappa shape index (κ3) is 3.59. The Balaban J connectivity index is 2.36. The fraction of sp³-hybridized carbons (Fsp3) is 0.400. The van der Waals surface area contributed by atoms with Crippen molar-refractivity contribution in [2.24, 2.45) is 0 Å². The first-order valence-electron chi connectivity index (χ1n) is 6.57. The van der Waals surface area contributed by atoms with E-state index in [9.17, 15) is 0 Å². The Morgan fingerprint density at radius 2 is 2.00 bits per heavy atom. The molecule has 0 bridgehead atoms. The molecule has 0 fully saturated rings. The standard InChI is InChI=1S/C15H18Cl2N2/c1-3-4-5-18-9-11-6-10(2)19-15-13(11)7-12(16)8-14(15)17/h6-8,18H,3-5,9H2,1-2H3. The molecule has 0 aliphatic carbocycles. The fourth-order valence-corrected chi connectivity index (χ4v) is 2.67. The molecule has 1 N–H and O–H groups in total. The van der Waals surface area contributed by atoms with E-state index in [-0.39, 0.29) is 0 Å². The second-order valence-corrected chi connectivity index (χ2v) is 5.58. The van der Waals surface area contributed by atoms with Crippen molar-refractivity contribution in [3.05, 3.63) is 39.5 Å². The van der Waals surface area contributed by atoms with Gasteiger partial charge in [0.25, 0.3) is 0 Å². The molecular formula is C15H18Cl2N2. The van der Waals surface area contributed by atoms with Crippen molar-refractivity contribution < 1.29 is 0 Å². The molecule has 19 heavy (non-hydrogen) atoms. The van der Waals surface area contributed by atoms with Gasteiger partial charge < -0.3 is 5.32 Å². The van der Waals surface area contributed by atoms with E-state index in [0.717, 1.165) is 29.7 Å². The summed E-state index contributed by atoms with van der Waals surface area (Å²) in [6.45, 7) is 6.01. The Hall–Kier alpha value is -0.830. The van der Waals surface area contributed by atoms with Gasteiger partial charge in [-0.2, -0.15) is 0 Å². The van der Waals surface area contributed by atoms with Gasteiger partial charge >= 0.3 is 0 Å². The molecule has 1 aromatic heterocycles. The molecule has 1 heterocycles.